The van der Waals surface area contributed by atoms with E-state index in [1.54, 1.807) is 6.08 Å². The first-order valence-electron chi connectivity index (χ1n) is 19.3. The predicted octanol–water partition coefficient (Wildman–Crippen LogP) is 9.86. The summed E-state index contributed by atoms with van der Waals surface area (Å²) in [6.45, 7) is 5.59. The van der Waals surface area contributed by atoms with Gasteiger partial charge in [0, 0.05) is 36.6 Å². The van der Waals surface area contributed by atoms with Crippen molar-refractivity contribution in [1.82, 2.24) is 0 Å². The van der Waals surface area contributed by atoms with Crippen molar-refractivity contribution in [2.24, 2.45) is 11.3 Å². The molecule has 6 rings (SSSR count). The van der Waals surface area contributed by atoms with Crippen molar-refractivity contribution in [1.29, 1.82) is 0 Å². The molecule has 0 spiro atoms. The molecule has 1 aliphatic rings. The molecule has 0 heterocycles. The highest BCUT2D eigenvalue weighted by molar-refractivity contribution is 8.03. The molecule has 16 nitrogen and oxygen atoms in total. The first-order valence-corrected chi connectivity index (χ1v) is 26.7. The number of ether oxygens (including phenoxy) is 2. The monoisotopic (exact) mass is 1020 g/mol. The van der Waals surface area contributed by atoms with Crippen LogP contribution >= 0.6 is 23.5 Å². The van der Waals surface area contributed by atoms with Gasteiger partial charge in [-0.1, -0.05) is 62.5 Å². The Bertz CT molecular complexity index is 3250. The summed E-state index contributed by atoms with van der Waals surface area (Å²) < 4.78 is 153. The predicted molar refractivity (Wildman–Crippen MR) is 246 cm³/mol. The lowest BCUT2D eigenvalue weighted by Crippen LogP contribution is -2.28. The summed E-state index contributed by atoms with van der Waals surface area (Å²) in [6.07, 6.45) is 7.68. The molecule has 0 fully saturated rings. The molecule has 0 saturated heterocycles. The van der Waals surface area contributed by atoms with Crippen LogP contribution in [-0.2, 0) is 40.5 Å². The average molecular weight is 1020 g/mol. The molecule has 0 aromatic heterocycles. The highest BCUT2D eigenvalue weighted by Gasteiger charge is 2.37. The lowest BCUT2D eigenvalue weighted by molar-refractivity contribution is 0.103. The Kier molecular flexibility index (Phi) is 14.8. The van der Waals surface area contributed by atoms with Gasteiger partial charge in [0.25, 0.3) is 40.5 Å². The number of ketones is 1. The van der Waals surface area contributed by atoms with E-state index in [1.165, 1.54) is 78.9 Å². The van der Waals surface area contributed by atoms with Crippen molar-refractivity contribution in [3.63, 3.8) is 0 Å². The first-order chi connectivity index (χ1) is 30.7. The molecule has 66 heavy (non-hydrogen) atoms. The highest BCUT2D eigenvalue weighted by atomic mass is 32.2. The van der Waals surface area contributed by atoms with Crippen LogP contribution < -0.4 is 9.47 Å². The Morgan fingerprint density at radius 1 is 0.636 bits per heavy atom. The van der Waals surface area contributed by atoms with Crippen LogP contribution in [0, 0.1) is 11.3 Å². The van der Waals surface area contributed by atoms with E-state index >= 15 is 0 Å². The van der Waals surface area contributed by atoms with Crippen molar-refractivity contribution in [2.45, 2.75) is 63.0 Å². The van der Waals surface area contributed by atoms with Gasteiger partial charge >= 0.3 is 0 Å². The zero-order valence-corrected chi connectivity index (χ0v) is 39.7. The van der Waals surface area contributed by atoms with Gasteiger partial charge in [-0.05, 0) is 127 Å². The SMILES string of the molecule is CCC=CC(C)(C)C1CC=C(Sc2ccc(Oc3ccc(Sc4ccc(Oc5ccc(C(=O)c6ccc(O)cc6)cc5)c(S(=O)(=O)O)c4)cc3S(=O)(=O)O)c(S(=O)(=O)O)c2)C=C1S(=O)(=O)O. The molecule has 5 aromatic carbocycles. The van der Waals surface area contributed by atoms with Crippen molar-refractivity contribution in [3.05, 3.63) is 148 Å². The van der Waals surface area contributed by atoms with Gasteiger partial charge in [-0.25, -0.2) is 0 Å². The van der Waals surface area contributed by atoms with Gasteiger partial charge in [0.2, 0.25) is 0 Å². The lowest BCUT2D eigenvalue weighted by atomic mass is 9.75. The minimum Gasteiger partial charge on any atom is -0.508 e. The van der Waals surface area contributed by atoms with Gasteiger partial charge in [0.1, 0.15) is 43.4 Å². The second-order valence-electron chi connectivity index (χ2n) is 15.1. The number of hydrogen-bond donors (Lipinski definition) is 5. The smallest absolute Gasteiger partial charge is 0.298 e. The third-order valence-electron chi connectivity index (χ3n) is 9.91. The van der Waals surface area contributed by atoms with Gasteiger partial charge in [-0.2, -0.15) is 33.7 Å². The number of phenols is 1. The normalized spacial score (nSPS) is 15.0. The summed E-state index contributed by atoms with van der Waals surface area (Å²) in [5.41, 5.74) is -0.0857. The number of carbonyl (C=O) groups excluding carboxylic acids is 1. The minimum absolute atomic E-state index is 0.0143. The van der Waals surface area contributed by atoms with E-state index in [1.807, 2.05) is 32.9 Å². The van der Waals surface area contributed by atoms with Gasteiger partial charge < -0.3 is 14.6 Å². The van der Waals surface area contributed by atoms with Crippen LogP contribution in [0.1, 0.15) is 49.5 Å². The zero-order valence-electron chi connectivity index (χ0n) is 34.8. The molecular formula is C44H40O16S6. The molecule has 1 atom stereocenters. The topological polar surface area (TPSA) is 273 Å². The summed E-state index contributed by atoms with van der Waals surface area (Å²) in [6, 6.07) is 21.7. The van der Waals surface area contributed by atoms with Crippen molar-refractivity contribution in [2.75, 3.05) is 0 Å². The Hall–Kier alpha value is -5.27. The molecule has 0 aliphatic heterocycles. The summed E-state index contributed by atoms with van der Waals surface area (Å²) in [7, 11) is -19.8. The van der Waals surface area contributed by atoms with E-state index in [4.69, 9.17) is 9.47 Å². The molecule has 22 heteroatoms. The maximum Gasteiger partial charge on any atom is 0.298 e. The van der Waals surface area contributed by atoms with E-state index in [2.05, 4.69) is 0 Å². The molecular weight excluding hydrogens is 977 g/mol. The third kappa shape index (κ3) is 12.4. The molecule has 5 aromatic rings. The van der Waals surface area contributed by atoms with Crippen LogP contribution in [0.15, 0.2) is 167 Å². The number of benzene rings is 5. The lowest BCUT2D eigenvalue weighted by Gasteiger charge is -2.34. The standard InChI is InChI=1S/C44H40O16S6/c1-4-5-22-44(2,3)35-18-14-31(23-39(35)63(47,48)49)61-33-16-20-37(41(25-33)65(53,54)55)60-38-21-17-34(26-42(38)66(56,57)58)62-32-15-19-36(40(24-32)64(50,51)52)59-30-12-8-28(9-13-30)43(46)27-6-10-29(45)11-7-27/h5-17,19-26,35,45H,4,18H2,1-3H3,(H,47,48,49)(H,50,51,52)(H,53,54,55)(H,56,57,58). The number of aromatic hydroxyl groups is 1. The third-order valence-corrected chi connectivity index (χ3v) is 15.5. The number of thioether (sulfide) groups is 1. The fourth-order valence-corrected chi connectivity index (χ4v) is 11.8. The Morgan fingerprint density at radius 2 is 1.08 bits per heavy atom. The van der Waals surface area contributed by atoms with Gasteiger partial charge in [0.15, 0.2) is 5.78 Å². The molecule has 348 valence electrons. The van der Waals surface area contributed by atoms with Crippen LogP contribution in [0.2, 0.25) is 0 Å². The summed E-state index contributed by atoms with van der Waals surface area (Å²) >= 11 is 1.71. The van der Waals surface area contributed by atoms with Crippen LogP contribution in [0.25, 0.3) is 0 Å². The van der Waals surface area contributed by atoms with E-state index in [-0.39, 0.29) is 54.6 Å². The van der Waals surface area contributed by atoms with Crippen molar-refractivity contribution >= 4 is 69.8 Å². The van der Waals surface area contributed by atoms with Crippen molar-refractivity contribution in [3.8, 4) is 28.7 Å². The average Bonchev–Trinajstić information content (AvgIpc) is 3.23. The second kappa shape index (κ2) is 19.5. The maximum atomic E-state index is 12.8. The van der Waals surface area contributed by atoms with Crippen molar-refractivity contribution < 1.29 is 71.3 Å². The summed E-state index contributed by atoms with van der Waals surface area (Å²) in [5.74, 6) is -2.32. The van der Waals surface area contributed by atoms with E-state index in [0.717, 1.165) is 53.9 Å². The summed E-state index contributed by atoms with van der Waals surface area (Å²) in [5, 5.41) is 9.50. The number of allylic oxidation sites excluding steroid dienone is 5. The van der Waals surface area contributed by atoms with E-state index in [9.17, 15) is 61.8 Å². The highest BCUT2D eigenvalue weighted by Crippen LogP contribution is 2.46. The molecule has 1 aliphatic carbocycles. The summed E-state index contributed by atoms with van der Waals surface area (Å²) in [4.78, 5) is 11.0. The Morgan fingerprint density at radius 3 is 1.52 bits per heavy atom. The Labute approximate surface area is 390 Å². The second-order valence-corrected chi connectivity index (χ2v) is 23.0. The number of carbonyl (C=O) groups is 1. The number of phenolic OH excluding ortho intramolecular Hbond substituents is 1. The number of rotatable bonds is 17. The van der Waals surface area contributed by atoms with Crippen LogP contribution in [0.5, 0.6) is 28.7 Å². The molecule has 0 bridgehead atoms. The quantitative estimate of drug-likeness (QED) is 0.0329. The minimum atomic E-state index is -5.11. The number of hydrogen-bond acceptors (Lipinski definition) is 14. The molecule has 5 N–H and O–H groups in total. The molecule has 0 radical (unpaired) electrons. The molecule has 1 unspecified atom stereocenters. The Balaban J connectivity index is 1.24. The fraction of sp³-hybridized carbons (Fsp3) is 0.159. The largest absolute Gasteiger partial charge is 0.508 e. The van der Waals surface area contributed by atoms with Gasteiger partial charge in [0.05, 0.1) is 4.91 Å². The maximum absolute atomic E-state index is 12.8. The fourth-order valence-electron chi connectivity index (χ4n) is 6.67. The molecule has 0 amide bonds. The van der Waals surface area contributed by atoms with Gasteiger partial charge in [-0.15, -0.1) is 0 Å². The van der Waals surface area contributed by atoms with E-state index < -0.39 is 78.0 Å². The van der Waals surface area contributed by atoms with E-state index in [0.29, 0.717) is 16.9 Å². The van der Waals surface area contributed by atoms with Gasteiger partial charge in [-0.3, -0.25) is 23.0 Å². The van der Waals surface area contributed by atoms with Crippen LogP contribution in [0.4, 0.5) is 0 Å². The first kappa shape index (κ1) is 50.1. The molecule has 0 saturated carbocycles. The van der Waals surface area contributed by atoms with Crippen LogP contribution in [0.3, 0.4) is 0 Å². The zero-order chi connectivity index (χ0) is 48.4. The van der Waals surface area contributed by atoms with Crippen LogP contribution in [-0.4, -0.2) is 62.8 Å².